The number of aromatic nitrogens is 1. The summed E-state index contributed by atoms with van der Waals surface area (Å²) in [5.74, 6) is -1.63. The minimum Gasteiger partial charge on any atom is -0.506 e. The Morgan fingerprint density at radius 3 is 2.19 bits per heavy atom. The van der Waals surface area contributed by atoms with Gasteiger partial charge in [-0.1, -0.05) is 23.7 Å². The standard InChI is InChI=1S/C21H14ClF7N2O/c22-16-4-2-12(8-14(16)20(24,25)26)19(18-6-3-13(32)10-30-18)31-9-11-1-5-17(23)15(7-11)21(27,28)29/h1-8,10,19,31-32H,9H2. The number of alkyl halides is 6. The Morgan fingerprint density at radius 2 is 1.59 bits per heavy atom. The van der Waals surface area contributed by atoms with Crippen LogP contribution >= 0.6 is 11.6 Å². The summed E-state index contributed by atoms with van der Waals surface area (Å²) in [7, 11) is 0. The molecule has 0 fully saturated rings. The molecule has 2 N–H and O–H groups in total. The Kier molecular flexibility index (Phi) is 6.66. The maximum Gasteiger partial charge on any atom is 0.419 e. The summed E-state index contributed by atoms with van der Waals surface area (Å²) in [4.78, 5) is 3.99. The van der Waals surface area contributed by atoms with Crippen LogP contribution in [0.4, 0.5) is 30.7 Å². The number of halogens is 8. The minimum absolute atomic E-state index is 0.0486. The molecule has 1 heterocycles. The molecule has 0 aliphatic rings. The van der Waals surface area contributed by atoms with Gasteiger partial charge in [0.05, 0.1) is 34.1 Å². The van der Waals surface area contributed by atoms with E-state index in [-0.39, 0.29) is 29.1 Å². The third-order valence-corrected chi connectivity index (χ3v) is 4.87. The lowest BCUT2D eigenvalue weighted by atomic mass is 9.99. The summed E-state index contributed by atoms with van der Waals surface area (Å²) in [6.45, 7) is -0.249. The number of pyridine rings is 1. The molecule has 0 spiro atoms. The lowest BCUT2D eigenvalue weighted by molar-refractivity contribution is -0.140. The number of benzene rings is 2. The van der Waals surface area contributed by atoms with Crippen molar-refractivity contribution in [1.29, 1.82) is 0 Å². The zero-order valence-corrected chi connectivity index (χ0v) is 16.7. The maximum absolute atomic E-state index is 13.5. The fraction of sp³-hybridized carbons (Fsp3) is 0.190. The van der Waals surface area contributed by atoms with Gasteiger partial charge in [0.2, 0.25) is 0 Å². The molecule has 0 amide bonds. The van der Waals surface area contributed by atoms with E-state index in [0.717, 1.165) is 24.4 Å². The van der Waals surface area contributed by atoms with Crippen molar-refractivity contribution in [2.75, 3.05) is 0 Å². The molecule has 170 valence electrons. The number of nitrogens with one attached hydrogen (secondary N) is 1. The van der Waals surface area contributed by atoms with Gasteiger partial charge >= 0.3 is 12.4 Å². The summed E-state index contributed by atoms with van der Waals surface area (Å²) >= 11 is 5.67. The van der Waals surface area contributed by atoms with Gasteiger partial charge < -0.3 is 10.4 Å². The smallest absolute Gasteiger partial charge is 0.419 e. The number of aromatic hydroxyl groups is 1. The molecule has 0 radical (unpaired) electrons. The molecule has 1 aromatic heterocycles. The van der Waals surface area contributed by atoms with Crippen molar-refractivity contribution in [3.8, 4) is 5.75 Å². The van der Waals surface area contributed by atoms with Crippen molar-refractivity contribution < 1.29 is 35.8 Å². The molecular formula is C21H14ClF7N2O. The van der Waals surface area contributed by atoms with Crippen LogP contribution in [0.5, 0.6) is 5.75 Å². The monoisotopic (exact) mass is 478 g/mol. The summed E-state index contributed by atoms with van der Waals surface area (Å²) in [5, 5.41) is 11.8. The van der Waals surface area contributed by atoms with Crippen molar-refractivity contribution in [2.45, 2.75) is 24.9 Å². The van der Waals surface area contributed by atoms with E-state index in [1.165, 1.54) is 18.2 Å². The SMILES string of the molecule is Oc1ccc(C(NCc2ccc(F)c(C(F)(F)F)c2)c2ccc(Cl)c(C(F)(F)F)c2)nc1. The number of hydrogen-bond acceptors (Lipinski definition) is 3. The highest BCUT2D eigenvalue weighted by atomic mass is 35.5. The largest absolute Gasteiger partial charge is 0.506 e. The van der Waals surface area contributed by atoms with Gasteiger partial charge in [-0.2, -0.15) is 26.3 Å². The van der Waals surface area contributed by atoms with Gasteiger partial charge in [-0.05, 0) is 47.5 Å². The van der Waals surface area contributed by atoms with E-state index in [2.05, 4.69) is 10.3 Å². The molecule has 0 saturated carbocycles. The zero-order valence-electron chi connectivity index (χ0n) is 15.9. The summed E-state index contributed by atoms with van der Waals surface area (Å²) < 4.78 is 92.4. The van der Waals surface area contributed by atoms with Gasteiger partial charge in [0.15, 0.2) is 0 Å². The highest BCUT2D eigenvalue weighted by molar-refractivity contribution is 6.31. The average molecular weight is 479 g/mol. The van der Waals surface area contributed by atoms with E-state index in [4.69, 9.17) is 11.6 Å². The topological polar surface area (TPSA) is 45.1 Å². The van der Waals surface area contributed by atoms with Gasteiger partial charge in [-0.25, -0.2) is 4.39 Å². The molecule has 3 aromatic rings. The third kappa shape index (κ3) is 5.49. The van der Waals surface area contributed by atoms with Crippen LogP contribution in [-0.2, 0) is 18.9 Å². The Morgan fingerprint density at radius 1 is 0.906 bits per heavy atom. The van der Waals surface area contributed by atoms with E-state index >= 15 is 0 Å². The first-order chi connectivity index (χ1) is 14.9. The van der Waals surface area contributed by atoms with E-state index in [1.807, 2.05) is 0 Å². The van der Waals surface area contributed by atoms with E-state index in [1.54, 1.807) is 0 Å². The zero-order chi connectivity index (χ0) is 23.7. The molecule has 1 atom stereocenters. The van der Waals surface area contributed by atoms with Gasteiger partial charge in [0.25, 0.3) is 0 Å². The second-order valence-corrected chi connectivity index (χ2v) is 7.21. The highest BCUT2D eigenvalue weighted by Crippen LogP contribution is 2.37. The quantitative estimate of drug-likeness (QED) is 0.412. The molecule has 0 aliphatic carbocycles. The van der Waals surface area contributed by atoms with Crippen LogP contribution in [0, 0.1) is 5.82 Å². The fourth-order valence-electron chi connectivity index (χ4n) is 3.02. The van der Waals surface area contributed by atoms with Gasteiger partial charge in [-0.15, -0.1) is 0 Å². The molecule has 11 heteroatoms. The summed E-state index contributed by atoms with van der Waals surface area (Å²) in [6.07, 6.45) is -8.57. The molecule has 32 heavy (non-hydrogen) atoms. The van der Waals surface area contributed by atoms with Crippen LogP contribution in [0.15, 0.2) is 54.7 Å². The molecular weight excluding hydrogens is 465 g/mol. The van der Waals surface area contributed by atoms with E-state index < -0.39 is 40.4 Å². The second kappa shape index (κ2) is 8.95. The number of hydrogen-bond donors (Lipinski definition) is 2. The van der Waals surface area contributed by atoms with E-state index in [9.17, 15) is 35.8 Å². The predicted molar refractivity (Wildman–Crippen MR) is 102 cm³/mol. The maximum atomic E-state index is 13.5. The lowest BCUT2D eigenvalue weighted by Gasteiger charge is -2.21. The molecule has 0 bridgehead atoms. The Hall–Kier alpha value is -2.85. The van der Waals surface area contributed by atoms with Crippen molar-refractivity contribution in [2.24, 2.45) is 0 Å². The Labute approximate surface area is 182 Å². The second-order valence-electron chi connectivity index (χ2n) is 6.80. The molecule has 0 aliphatic heterocycles. The first-order valence-electron chi connectivity index (χ1n) is 8.97. The number of nitrogens with zero attached hydrogens (tertiary/aromatic N) is 1. The van der Waals surface area contributed by atoms with Crippen molar-refractivity contribution >= 4 is 11.6 Å². The van der Waals surface area contributed by atoms with E-state index in [0.29, 0.717) is 12.1 Å². The lowest BCUT2D eigenvalue weighted by Crippen LogP contribution is -2.24. The summed E-state index contributed by atoms with van der Waals surface area (Å²) in [6, 6.07) is 7.18. The Bertz CT molecular complexity index is 1100. The number of rotatable bonds is 5. The van der Waals surface area contributed by atoms with Crippen molar-refractivity contribution in [1.82, 2.24) is 10.3 Å². The third-order valence-electron chi connectivity index (χ3n) is 4.54. The molecule has 0 saturated heterocycles. The van der Waals surface area contributed by atoms with Crippen LogP contribution in [0.1, 0.15) is 34.0 Å². The van der Waals surface area contributed by atoms with Crippen LogP contribution < -0.4 is 5.32 Å². The molecule has 2 aromatic carbocycles. The van der Waals surface area contributed by atoms with Crippen LogP contribution in [0.2, 0.25) is 5.02 Å². The van der Waals surface area contributed by atoms with Crippen LogP contribution in [0.3, 0.4) is 0 Å². The summed E-state index contributed by atoms with van der Waals surface area (Å²) in [5.41, 5.74) is -2.23. The fourth-order valence-corrected chi connectivity index (χ4v) is 3.25. The first-order valence-corrected chi connectivity index (χ1v) is 9.34. The minimum atomic E-state index is -4.91. The van der Waals surface area contributed by atoms with Crippen molar-refractivity contribution in [3.05, 3.63) is 93.5 Å². The van der Waals surface area contributed by atoms with Crippen molar-refractivity contribution in [3.63, 3.8) is 0 Å². The molecule has 1 unspecified atom stereocenters. The average Bonchev–Trinajstić information content (AvgIpc) is 2.70. The molecule has 3 rings (SSSR count). The predicted octanol–water partition coefficient (Wildman–Crippen LogP) is 6.50. The van der Waals surface area contributed by atoms with Gasteiger partial charge in [-0.3, -0.25) is 4.98 Å². The van der Waals surface area contributed by atoms with Gasteiger partial charge in [0.1, 0.15) is 11.6 Å². The Balaban J connectivity index is 1.98. The van der Waals surface area contributed by atoms with Crippen LogP contribution in [0.25, 0.3) is 0 Å². The van der Waals surface area contributed by atoms with Gasteiger partial charge in [0, 0.05) is 6.54 Å². The normalized spacial score (nSPS) is 13.2. The first kappa shape index (κ1) is 23.8. The molecule has 3 nitrogen and oxygen atoms in total. The van der Waals surface area contributed by atoms with Crippen LogP contribution in [-0.4, -0.2) is 10.1 Å². The highest BCUT2D eigenvalue weighted by Gasteiger charge is 2.35.